The van der Waals surface area contributed by atoms with Crippen LogP contribution < -0.4 is 15.0 Å². The zero-order chi connectivity index (χ0) is 14.2. The summed E-state index contributed by atoms with van der Waals surface area (Å²) in [6.45, 7) is 8.09. The van der Waals surface area contributed by atoms with Gasteiger partial charge in [0.1, 0.15) is 6.61 Å². The van der Waals surface area contributed by atoms with Crippen molar-refractivity contribution in [1.29, 1.82) is 0 Å². The van der Waals surface area contributed by atoms with Crippen LogP contribution in [0.25, 0.3) is 0 Å². The summed E-state index contributed by atoms with van der Waals surface area (Å²) in [7, 11) is 0. The van der Waals surface area contributed by atoms with Gasteiger partial charge < -0.3 is 19.7 Å². The van der Waals surface area contributed by atoms with Crippen molar-refractivity contribution in [1.82, 2.24) is 15.0 Å². The van der Waals surface area contributed by atoms with Gasteiger partial charge in [-0.3, -0.25) is 0 Å². The molecule has 1 aromatic heterocycles. The minimum Gasteiger partial charge on any atom is -0.459 e. The highest BCUT2D eigenvalue weighted by molar-refractivity contribution is 5.38. The zero-order valence-corrected chi connectivity index (χ0v) is 12.0. The fourth-order valence-electron chi connectivity index (χ4n) is 1.77. The van der Waals surface area contributed by atoms with E-state index in [2.05, 4.69) is 25.2 Å². The van der Waals surface area contributed by atoms with Gasteiger partial charge in [-0.1, -0.05) is 12.2 Å². The van der Waals surface area contributed by atoms with Gasteiger partial charge in [0.05, 0.1) is 13.2 Å². The molecule has 1 fully saturated rings. The summed E-state index contributed by atoms with van der Waals surface area (Å²) in [6, 6.07) is 0.343. The average Bonchev–Trinajstić information content (AvgIpc) is 2.49. The smallest absolute Gasteiger partial charge is 0.323 e. The van der Waals surface area contributed by atoms with Crippen LogP contribution in [0, 0.1) is 0 Å². The lowest BCUT2D eigenvalue weighted by atomic mass is 10.4. The fraction of sp³-hybridized carbons (Fsp3) is 0.615. The highest BCUT2D eigenvalue weighted by Gasteiger charge is 2.16. The van der Waals surface area contributed by atoms with Crippen molar-refractivity contribution in [3.63, 3.8) is 0 Å². The van der Waals surface area contributed by atoms with Crippen LogP contribution in [0.3, 0.4) is 0 Å². The summed E-state index contributed by atoms with van der Waals surface area (Å²) in [4.78, 5) is 15.1. The molecule has 1 saturated heterocycles. The van der Waals surface area contributed by atoms with Crippen molar-refractivity contribution < 1.29 is 9.47 Å². The van der Waals surface area contributed by atoms with Crippen LogP contribution in [0.15, 0.2) is 12.2 Å². The lowest BCUT2D eigenvalue weighted by molar-refractivity contribution is 0.122. The molecule has 0 bridgehead atoms. The quantitative estimate of drug-likeness (QED) is 0.781. The molecule has 1 aliphatic heterocycles. The Morgan fingerprint density at radius 3 is 2.80 bits per heavy atom. The van der Waals surface area contributed by atoms with Crippen LogP contribution >= 0.6 is 0 Å². The molecule has 1 aliphatic rings. The lowest BCUT2D eigenvalue weighted by Crippen LogP contribution is -2.37. The Labute approximate surface area is 119 Å². The molecule has 0 amide bonds. The van der Waals surface area contributed by atoms with Gasteiger partial charge in [-0.05, 0) is 13.8 Å². The summed E-state index contributed by atoms with van der Waals surface area (Å²) in [6.07, 6.45) is 3.83. The molecule has 0 atom stereocenters. The Balaban J connectivity index is 2.15. The van der Waals surface area contributed by atoms with Gasteiger partial charge in [0, 0.05) is 19.6 Å². The van der Waals surface area contributed by atoms with Crippen molar-refractivity contribution in [3.05, 3.63) is 12.2 Å². The van der Waals surface area contributed by atoms with E-state index in [1.165, 1.54) is 0 Å². The summed E-state index contributed by atoms with van der Waals surface area (Å²) >= 11 is 0. The van der Waals surface area contributed by atoms with Gasteiger partial charge in [0.2, 0.25) is 11.9 Å². The number of hydrogen-bond acceptors (Lipinski definition) is 7. The van der Waals surface area contributed by atoms with Gasteiger partial charge in [0.15, 0.2) is 0 Å². The molecule has 110 valence electrons. The third-order valence-electron chi connectivity index (χ3n) is 2.78. The second-order valence-corrected chi connectivity index (χ2v) is 4.25. The molecule has 0 spiro atoms. The van der Waals surface area contributed by atoms with Crippen molar-refractivity contribution in [2.45, 2.75) is 13.8 Å². The highest BCUT2D eigenvalue weighted by Crippen LogP contribution is 2.16. The maximum absolute atomic E-state index is 5.52. The number of morpholine rings is 1. The highest BCUT2D eigenvalue weighted by atomic mass is 16.5. The van der Waals surface area contributed by atoms with Crippen LogP contribution in [0.4, 0.5) is 11.9 Å². The monoisotopic (exact) mass is 279 g/mol. The first kappa shape index (κ1) is 14.5. The number of nitrogens with one attached hydrogen (secondary N) is 1. The predicted molar refractivity (Wildman–Crippen MR) is 77.3 cm³/mol. The number of anilines is 2. The van der Waals surface area contributed by atoms with E-state index in [-0.39, 0.29) is 0 Å². The van der Waals surface area contributed by atoms with Gasteiger partial charge >= 0.3 is 6.01 Å². The fourth-order valence-corrected chi connectivity index (χ4v) is 1.77. The topological polar surface area (TPSA) is 72.4 Å². The Morgan fingerprint density at radius 1 is 1.30 bits per heavy atom. The van der Waals surface area contributed by atoms with Crippen LogP contribution in [0.2, 0.25) is 0 Å². The molecule has 7 nitrogen and oxygen atoms in total. The molecule has 0 saturated carbocycles. The van der Waals surface area contributed by atoms with E-state index in [9.17, 15) is 0 Å². The maximum Gasteiger partial charge on any atom is 0.323 e. The SMILES string of the molecule is C/C=C/COc1nc(NCC)nc(N2CCOCC2)n1. The normalized spacial score (nSPS) is 15.6. The molecule has 2 heterocycles. The standard InChI is InChI=1S/C13H21N5O2/c1-3-5-8-20-13-16-11(14-4-2)15-12(17-13)18-6-9-19-10-7-18/h3,5H,4,6-10H2,1-2H3,(H,14,15,16,17)/b5-3+. The predicted octanol–water partition coefficient (Wildman–Crippen LogP) is 1.09. The third kappa shape index (κ3) is 4.06. The maximum atomic E-state index is 5.52. The van der Waals surface area contributed by atoms with Crippen molar-refractivity contribution in [3.8, 4) is 6.01 Å². The van der Waals surface area contributed by atoms with Crippen molar-refractivity contribution in [2.75, 3.05) is 49.7 Å². The molecular formula is C13H21N5O2. The first-order valence-corrected chi connectivity index (χ1v) is 6.90. The molecular weight excluding hydrogens is 258 g/mol. The summed E-state index contributed by atoms with van der Waals surface area (Å²) < 4.78 is 10.9. The molecule has 1 N–H and O–H groups in total. The molecule has 0 radical (unpaired) electrons. The van der Waals surface area contributed by atoms with E-state index in [4.69, 9.17) is 9.47 Å². The van der Waals surface area contributed by atoms with E-state index >= 15 is 0 Å². The number of allylic oxidation sites excluding steroid dienone is 1. The zero-order valence-electron chi connectivity index (χ0n) is 12.0. The van der Waals surface area contributed by atoms with E-state index in [1.54, 1.807) is 0 Å². The van der Waals surface area contributed by atoms with Gasteiger partial charge in [-0.25, -0.2) is 0 Å². The van der Waals surface area contributed by atoms with E-state index in [0.717, 1.165) is 19.6 Å². The second kappa shape index (κ2) is 7.64. The molecule has 20 heavy (non-hydrogen) atoms. The molecule has 2 rings (SSSR count). The number of aromatic nitrogens is 3. The number of rotatable bonds is 6. The van der Waals surface area contributed by atoms with Crippen molar-refractivity contribution >= 4 is 11.9 Å². The van der Waals surface area contributed by atoms with Crippen LogP contribution in [0.5, 0.6) is 6.01 Å². The van der Waals surface area contributed by atoms with E-state index < -0.39 is 0 Å². The Bertz CT molecular complexity index is 446. The van der Waals surface area contributed by atoms with Gasteiger partial charge in [-0.15, -0.1) is 0 Å². The molecule has 0 unspecified atom stereocenters. The largest absolute Gasteiger partial charge is 0.459 e. The Morgan fingerprint density at radius 2 is 2.10 bits per heavy atom. The first-order chi connectivity index (χ1) is 9.83. The van der Waals surface area contributed by atoms with Crippen molar-refractivity contribution in [2.24, 2.45) is 0 Å². The summed E-state index contributed by atoms with van der Waals surface area (Å²) in [5.74, 6) is 1.18. The van der Waals surface area contributed by atoms with E-state index in [0.29, 0.717) is 37.7 Å². The van der Waals surface area contributed by atoms with Crippen LogP contribution in [-0.4, -0.2) is 54.4 Å². The minimum absolute atomic E-state index is 0.343. The number of nitrogens with zero attached hydrogens (tertiary/aromatic N) is 4. The van der Waals surface area contributed by atoms with Gasteiger partial charge in [-0.2, -0.15) is 15.0 Å². The second-order valence-electron chi connectivity index (χ2n) is 4.25. The summed E-state index contributed by atoms with van der Waals surface area (Å²) in [5, 5.41) is 3.10. The third-order valence-corrected chi connectivity index (χ3v) is 2.78. The average molecular weight is 279 g/mol. The van der Waals surface area contributed by atoms with Gasteiger partial charge in [0.25, 0.3) is 0 Å². The molecule has 7 heteroatoms. The van der Waals surface area contributed by atoms with Crippen LogP contribution in [-0.2, 0) is 4.74 Å². The number of hydrogen-bond donors (Lipinski definition) is 1. The molecule has 1 aromatic rings. The summed E-state index contributed by atoms with van der Waals surface area (Å²) in [5.41, 5.74) is 0. The van der Waals surface area contributed by atoms with Crippen LogP contribution in [0.1, 0.15) is 13.8 Å². The Hall–Kier alpha value is -1.89. The molecule has 0 aromatic carbocycles. The minimum atomic E-state index is 0.343. The Kier molecular flexibility index (Phi) is 5.55. The van der Waals surface area contributed by atoms with E-state index in [1.807, 2.05) is 26.0 Å². The number of ether oxygens (including phenoxy) is 2. The first-order valence-electron chi connectivity index (χ1n) is 6.90. The lowest BCUT2D eigenvalue weighted by Gasteiger charge is -2.26. The molecule has 0 aliphatic carbocycles.